The highest BCUT2D eigenvalue weighted by molar-refractivity contribution is 4.84. The van der Waals surface area contributed by atoms with E-state index in [-0.39, 0.29) is 0 Å². The second kappa shape index (κ2) is 8.08. The lowest BCUT2D eigenvalue weighted by atomic mass is 10.3. The molecule has 90 valence electrons. The van der Waals surface area contributed by atoms with Crippen molar-refractivity contribution in [2.24, 2.45) is 0 Å². The lowest BCUT2D eigenvalue weighted by Gasteiger charge is -2.21. The molecule has 1 aliphatic rings. The molecule has 0 unspecified atom stereocenters. The van der Waals surface area contributed by atoms with E-state index in [0.29, 0.717) is 0 Å². The highest BCUT2D eigenvalue weighted by Crippen LogP contribution is 2.26. The molecule has 0 radical (unpaired) electrons. The van der Waals surface area contributed by atoms with Crippen molar-refractivity contribution in [3.8, 4) is 0 Å². The fourth-order valence-electron chi connectivity index (χ4n) is 1.91. The maximum atomic E-state index is 4.98. The first-order chi connectivity index (χ1) is 7.38. The minimum Gasteiger partial charge on any atom is -0.383 e. The van der Waals surface area contributed by atoms with Gasteiger partial charge in [-0.1, -0.05) is 6.92 Å². The summed E-state index contributed by atoms with van der Waals surface area (Å²) in [7, 11) is 1.75. The largest absolute Gasteiger partial charge is 0.383 e. The molecule has 0 aromatic carbocycles. The Labute approximate surface area is 94.2 Å². The van der Waals surface area contributed by atoms with E-state index in [1.54, 1.807) is 7.11 Å². The van der Waals surface area contributed by atoms with Crippen molar-refractivity contribution in [3.63, 3.8) is 0 Å². The van der Waals surface area contributed by atoms with Crippen molar-refractivity contribution in [2.75, 3.05) is 39.9 Å². The summed E-state index contributed by atoms with van der Waals surface area (Å²) in [6.07, 6.45) is 5.40. The standard InChI is InChI=1S/C12H26N2O/c1-3-9-14(12-5-6-12)10-4-7-13-8-11-15-2/h12-13H,3-11H2,1-2H3. The Bertz CT molecular complexity index is 149. The van der Waals surface area contributed by atoms with Gasteiger partial charge in [-0.05, 0) is 45.3 Å². The number of hydrogen-bond acceptors (Lipinski definition) is 3. The monoisotopic (exact) mass is 214 g/mol. The van der Waals surface area contributed by atoms with Gasteiger partial charge < -0.3 is 15.0 Å². The second-order valence-corrected chi connectivity index (χ2v) is 4.36. The third kappa shape index (κ3) is 6.13. The molecule has 0 aromatic rings. The molecule has 0 aliphatic heterocycles. The van der Waals surface area contributed by atoms with Crippen LogP contribution < -0.4 is 5.32 Å². The lowest BCUT2D eigenvalue weighted by Crippen LogP contribution is -2.30. The molecule has 3 nitrogen and oxygen atoms in total. The van der Waals surface area contributed by atoms with Crippen LogP contribution in [-0.2, 0) is 4.74 Å². The van der Waals surface area contributed by atoms with E-state index in [4.69, 9.17) is 4.74 Å². The molecule has 0 saturated heterocycles. The van der Waals surface area contributed by atoms with Gasteiger partial charge in [0.05, 0.1) is 6.61 Å². The number of hydrogen-bond donors (Lipinski definition) is 1. The topological polar surface area (TPSA) is 24.5 Å². The Balaban J connectivity index is 1.92. The van der Waals surface area contributed by atoms with Crippen LogP contribution in [0.2, 0.25) is 0 Å². The first-order valence-corrected chi connectivity index (χ1v) is 6.32. The van der Waals surface area contributed by atoms with E-state index in [0.717, 1.165) is 25.7 Å². The zero-order valence-corrected chi connectivity index (χ0v) is 10.3. The molecule has 15 heavy (non-hydrogen) atoms. The quantitative estimate of drug-likeness (QED) is 0.558. The average molecular weight is 214 g/mol. The van der Waals surface area contributed by atoms with E-state index in [2.05, 4.69) is 17.1 Å². The molecule has 1 aliphatic carbocycles. The highest BCUT2D eigenvalue weighted by atomic mass is 16.5. The molecule has 0 bridgehead atoms. The van der Waals surface area contributed by atoms with Crippen molar-refractivity contribution in [2.45, 2.75) is 38.6 Å². The van der Waals surface area contributed by atoms with Gasteiger partial charge in [-0.15, -0.1) is 0 Å². The summed E-state index contributed by atoms with van der Waals surface area (Å²) in [5.74, 6) is 0. The number of ether oxygens (including phenoxy) is 1. The van der Waals surface area contributed by atoms with Gasteiger partial charge in [-0.25, -0.2) is 0 Å². The minimum absolute atomic E-state index is 0.821. The van der Waals surface area contributed by atoms with E-state index in [1.165, 1.54) is 38.8 Å². The van der Waals surface area contributed by atoms with E-state index in [1.807, 2.05) is 0 Å². The van der Waals surface area contributed by atoms with E-state index >= 15 is 0 Å². The third-order valence-electron chi connectivity index (χ3n) is 2.86. The Morgan fingerprint density at radius 1 is 1.27 bits per heavy atom. The zero-order chi connectivity index (χ0) is 10.9. The van der Waals surface area contributed by atoms with E-state index < -0.39 is 0 Å². The molecule has 0 heterocycles. The predicted octanol–water partition coefficient (Wildman–Crippen LogP) is 1.49. The van der Waals surface area contributed by atoms with Crippen LogP contribution in [0.4, 0.5) is 0 Å². The van der Waals surface area contributed by atoms with Gasteiger partial charge in [0, 0.05) is 19.7 Å². The number of methoxy groups -OCH3 is 1. The summed E-state index contributed by atoms with van der Waals surface area (Å²) in [6.45, 7) is 7.73. The maximum Gasteiger partial charge on any atom is 0.0587 e. The number of nitrogens with one attached hydrogen (secondary N) is 1. The molecule has 0 aromatic heterocycles. The van der Waals surface area contributed by atoms with Crippen LogP contribution in [0.15, 0.2) is 0 Å². The fourth-order valence-corrected chi connectivity index (χ4v) is 1.91. The van der Waals surface area contributed by atoms with Crippen LogP contribution >= 0.6 is 0 Å². The SMILES string of the molecule is CCCN(CCCNCCOC)C1CC1. The summed E-state index contributed by atoms with van der Waals surface area (Å²) < 4.78 is 4.98. The smallest absolute Gasteiger partial charge is 0.0587 e. The molecule has 0 spiro atoms. The summed E-state index contributed by atoms with van der Waals surface area (Å²) in [5.41, 5.74) is 0. The van der Waals surface area contributed by atoms with Crippen molar-refractivity contribution in [3.05, 3.63) is 0 Å². The van der Waals surface area contributed by atoms with Gasteiger partial charge >= 0.3 is 0 Å². The van der Waals surface area contributed by atoms with Gasteiger partial charge in [0.2, 0.25) is 0 Å². The molecule has 1 fully saturated rings. The van der Waals surface area contributed by atoms with Gasteiger partial charge in [-0.2, -0.15) is 0 Å². The highest BCUT2D eigenvalue weighted by Gasteiger charge is 2.27. The van der Waals surface area contributed by atoms with Gasteiger partial charge in [0.15, 0.2) is 0 Å². The van der Waals surface area contributed by atoms with Crippen LogP contribution in [0.1, 0.15) is 32.6 Å². The van der Waals surface area contributed by atoms with Crippen LogP contribution in [0.3, 0.4) is 0 Å². The Morgan fingerprint density at radius 3 is 2.67 bits per heavy atom. The first-order valence-electron chi connectivity index (χ1n) is 6.32. The average Bonchev–Trinajstić information content (AvgIpc) is 3.05. The molecular formula is C12H26N2O. The molecule has 1 rings (SSSR count). The van der Waals surface area contributed by atoms with Crippen molar-refractivity contribution < 1.29 is 4.74 Å². The van der Waals surface area contributed by atoms with Gasteiger partial charge in [-0.3, -0.25) is 0 Å². The van der Waals surface area contributed by atoms with Gasteiger partial charge in [0.25, 0.3) is 0 Å². The summed E-state index contributed by atoms with van der Waals surface area (Å²) in [4.78, 5) is 2.65. The lowest BCUT2D eigenvalue weighted by molar-refractivity contribution is 0.198. The Morgan fingerprint density at radius 2 is 2.07 bits per heavy atom. The molecular weight excluding hydrogens is 188 g/mol. The van der Waals surface area contributed by atoms with Crippen LogP contribution in [-0.4, -0.2) is 50.8 Å². The zero-order valence-electron chi connectivity index (χ0n) is 10.3. The van der Waals surface area contributed by atoms with Crippen molar-refractivity contribution in [1.29, 1.82) is 0 Å². The number of rotatable bonds is 10. The van der Waals surface area contributed by atoms with Gasteiger partial charge in [0.1, 0.15) is 0 Å². The van der Waals surface area contributed by atoms with Crippen LogP contribution in [0.5, 0.6) is 0 Å². The molecule has 1 N–H and O–H groups in total. The second-order valence-electron chi connectivity index (χ2n) is 4.36. The van der Waals surface area contributed by atoms with Crippen LogP contribution in [0, 0.1) is 0 Å². The normalized spacial score (nSPS) is 16.2. The third-order valence-corrected chi connectivity index (χ3v) is 2.86. The molecule has 0 atom stereocenters. The van der Waals surface area contributed by atoms with Crippen LogP contribution in [0.25, 0.3) is 0 Å². The maximum absolute atomic E-state index is 4.98. The molecule has 1 saturated carbocycles. The Kier molecular flexibility index (Phi) is 6.98. The Hall–Kier alpha value is -0.120. The van der Waals surface area contributed by atoms with Crippen molar-refractivity contribution >= 4 is 0 Å². The summed E-state index contributed by atoms with van der Waals surface area (Å²) in [5, 5.41) is 3.39. The molecule has 3 heteroatoms. The van der Waals surface area contributed by atoms with E-state index in [9.17, 15) is 0 Å². The minimum atomic E-state index is 0.821. The number of nitrogens with zero attached hydrogens (tertiary/aromatic N) is 1. The first kappa shape index (κ1) is 12.9. The fraction of sp³-hybridized carbons (Fsp3) is 1.00. The summed E-state index contributed by atoms with van der Waals surface area (Å²) >= 11 is 0. The summed E-state index contributed by atoms with van der Waals surface area (Å²) in [6, 6.07) is 0.920. The predicted molar refractivity (Wildman–Crippen MR) is 64.2 cm³/mol. The molecule has 0 amide bonds. The van der Waals surface area contributed by atoms with Crippen molar-refractivity contribution in [1.82, 2.24) is 10.2 Å².